The predicted octanol–water partition coefficient (Wildman–Crippen LogP) is 8.73. The second-order valence-electron chi connectivity index (χ2n) is 8.78. The first-order chi connectivity index (χ1) is 18.8. The summed E-state index contributed by atoms with van der Waals surface area (Å²) in [5, 5.41) is 4.71. The molecule has 4 aromatic rings. The fourth-order valence-corrected chi connectivity index (χ4v) is 4.53. The van der Waals surface area contributed by atoms with Gasteiger partial charge >= 0.3 is 18.4 Å². The zero-order chi connectivity index (χ0) is 29.1. The van der Waals surface area contributed by atoms with E-state index in [4.69, 9.17) is 23.2 Å². The van der Waals surface area contributed by atoms with Gasteiger partial charge in [-0.15, -0.1) is 0 Å². The minimum Gasteiger partial charge on any atom is -0.322 e. The first-order valence-corrected chi connectivity index (χ1v) is 12.3. The second kappa shape index (κ2) is 11.4. The summed E-state index contributed by atoms with van der Waals surface area (Å²) >= 11 is 11.7. The number of amides is 2. The number of nitrogens with one attached hydrogen (secondary N) is 2. The van der Waals surface area contributed by atoms with Gasteiger partial charge in [0, 0.05) is 18.3 Å². The van der Waals surface area contributed by atoms with Crippen LogP contribution < -0.4 is 10.6 Å². The van der Waals surface area contributed by atoms with Crippen molar-refractivity contribution in [2.45, 2.75) is 24.3 Å². The Hall–Kier alpha value is -3.76. The van der Waals surface area contributed by atoms with E-state index in [2.05, 4.69) is 15.6 Å². The highest BCUT2D eigenvalue weighted by atomic mass is 35.5. The Morgan fingerprint density at radius 3 is 2.10 bits per heavy atom. The summed E-state index contributed by atoms with van der Waals surface area (Å²) in [5.41, 5.74) is -3.29. The van der Waals surface area contributed by atoms with Crippen LogP contribution in [0.25, 0.3) is 0 Å². The van der Waals surface area contributed by atoms with Crippen LogP contribution >= 0.6 is 23.2 Å². The van der Waals surface area contributed by atoms with E-state index in [0.29, 0.717) is 11.6 Å². The highest BCUT2D eigenvalue weighted by Crippen LogP contribution is 2.38. The van der Waals surface area contributed by atoms with Crippen molar-refractivity contribution in [3.63, 3.8) is 0 Å². The fraction of sp³-hybridized carbons (Fsp3) is 0.143. The van der Waals surface area contributed by atoms with Crippen LogP contribution in [0.3, 0.4) is 0 Å². The molecule has 0 saturated carbocycles. The quantitative estimate of drug-likeness (QED) is 0.218. The molecule has 1 aromatic heterocycles. The van der Waals surface area contributed by atoms with E-state index in [-0.39, 0.29) is 28.4 Å². The Balaban J connectivity index is 1.85. The Bertz CT molecular complexity index is 1490. The number of hydrogen-bond acceptors (Lipinski definition) is 2. The summed E-state index contributed by atoms with van der Waals surface area (Å²) in [4.78, 5) is 17.7. The van der Waals surface area contributed by atoms with E-state index in [0.717, 1.165) is 18.2 Å². The lowest BCUT2D eigenvalue weighted by Crippen LogP contribution is -2.50. The molecule has 3 aromatic carbocycles. The molecule has 0 fully saturated rings. The predicted molar refractivity (Wildman–Crippen MR) is 140 cm³/mol. The van der Waals surface area contributed by atoms with Crippen LogP contribution in [0.1, 0.15) is 27.9 Å². The van der Waals surface area contributed by atoms with Gasteiger partial charge in [0.05, 0.1) is 26.9 Å². The summed E-state index contributed by atoms with van der Waals surface area (Å²) in [6.45, 7) is 0. The summed E-state index contributed by atoms with van der Waals surface area (Å²) in [6, 6.07) is 17.7. The lowest BCUT2D eigenvalue weighted by Gasteiger charge is -2.36. The molecule has 0 aliphatic carbocycles. The van der Waals surface area contributed by atoms with Gasteiger partial charge in [0.2, 0.25) is 0 Å². The zero-order valence-electron chi connectivity index (χ0n) is 20.2. The normalized spacial score (nSPS) is 13.4. The van der Waals surface area contributed by atoms with E-state index >= 15 is 0 Å². The fourth-order valence-electron chi connectivity index (χ4n) is 4.19. The van der Waals surface area contributed by atoms with Crippen molar-refractivity contribution < 1.29 is 31.1 Å². The Morgan fingerprint density at radius 2 is 1.48 bits per heavy atom. The van der Waals surface area contributed by atoms with E-state index in [1.807, 2.05) is 0 Å². The van der Waals surface area contributed by atoms with Crippen LogP contribution in [0.5, 0.6) is 0 Å². The van der Waals surface area contributed by atoms with Gasteiger partial charge in [-0.1, -0.05) is 65.7 Å². The van der Waals surface area contributed by atoms with Crippen molar-refractivity contribution in [2.75, 3.05) is 5.32 Å². The number of carbonyl (C=O) groups is 1. The molecule has 2 N–H and O–H groups in total. The number of alkyl halides is 6. The van der Waals surface area contributed by atoms with Crippen molar-refractivity contribution >= 4 is 34.9 Å². The third-order valence-electron chi connectivity index (χ3n) is 6.02. The van der Waals surface area contributed by atoms with Crippen LogP contribution in [0.2, 0.25) is 10.0 Å². The van der Waals surface area contributed by atoms with Gasteiger partial charge < -0.3 is 10.6 Å². The summed E-state index contributed by atoms with van der Waals surface area (Å²) < 4.78 is 81.3. The van der Waals surface area contributed by atoms with Crippen LogP contribution in [-0.4, -0.2) is 11.0 Å². The molecule has 12 heteroatoms. The van der Waals surface area contributed by atoms with Gasteiger partial charge in [-0.2, -0.15) is 26.3 Å². The van der Waals surface area contributed by atoms with E-state index in [9.17, 15) is 31.1 Å². The highest BCUT2D eigenvalue weighted by molar-refractivity contribution is 6.31. The van der Waals surface area contributed by atoms with E-state index < -0.39 is 40.1 Å². The number of halogens is 8. The summed E-state index contributed by atoms with van der Waals surface area (Å²) in [6.07, 6.45) is -8.26. The lowest BCUT2D eigenvalue weighted by atomic mass is 9.80. The number of nitrogens with zero attached hydrogens (tertiary/aromatic N) is 1. The first kappa shape index (κ1) is 29.2. The van der Waals surface area contributed by atoms with Crippen LogP contribution in [0.15, 0.2) is 91.1 Å². The second-order valence-corrected chi connectivity index (χ2v) is 9.62. The smallest absolute Gasteiger partial charge is 0.322 e. The molecule has 4 rings (SSSR count). The van der Waals surface area contributed by atoms with Gasteiger partial charge in [0.25, 0.3) is 0 Å². The Kier molecular flexibility index (Phi) is 8.32. The summed E-state index contributed by atoms with van der Waals surface area (Å²) in [7, 11) is 0. The molecule has 1 unspecified atom stereocenters. The van der Waals surface area contributed by atoms with Crippen molar-refractivity contribution in [1.29, 1.82) is 0 Å². The van der Waals surface area contributed by atoms with Gasteiger partial charge in [-0.3, -0.25) is 4.98 Å². The van der Waals surface area contributed by atoms with Crippen LogP contribution in [0, 0.1) is 0 Å². The van der Waals surface area contributed by atoms with Crippen LogP contribution in [0.4, 0.5) is 36.8 Å². The minimum absolute atomic E-state index is 0.0308. The molecular formula is C28H19Cl2F6N3O. The maximum Gasteiger partial charge on any atom is 0.417 e. The average Bonchev–Trinajstić information content (AvgIpc) is 2.89. The molecule has 4 nitrogen and oxygen atoms in total. The van der Waals surface area contributed by atoms with Crippen molar-refractivity contribution in [1.82, 2.24) is 10.3 Å². The molecule has 0 bridgehead atoms. The number of hydrogen-bond donors (Lipinski definition) is 2. The number of anilines is 1. The molecular weight excluding hydrogens is 579 g/mol. The number of pyridine rings is 1. The SMILES string of the molecule is O=C(Nc1ccc(Cl)c(C(F)(F)F)c1)NC(Cc1ccccc1)(c1cccc(C(F)(F)F)c1)c1ccc(Cl)cn1. The maximum absolute atomic E-state index is 13.7. The van der Waals surface area contributed by atoms with Crippen LogP contribution in [-0.2, 0) is 24.3 Å². The standard InChI is InChI=1S/C28H19Cl2F6N3O/c29-20-9-12-24(37-16-20)26(15-17-5-2-1-3-6-17,18-7-4-8-19(13-18)27(31,32)33)39-25(40)38-21-10-11-23(30)22(14-21)28(34,35)36/h1-14,16H,15H2,(H2,38,39,40). The van der Waals surface area contributed by atoms with E-state index in [1.165, 1.54) is 36.5 Å². The lowest BCUT2D eigenvalue weighted by molar-refractivity contribution is -0.138. The Labute approximate surface area is 235 Å². The van der Waals surface area contributed by atoms with Gasteiger partial charge in [0.1, 0.15) is 5.54 Å². The zero-order valence-corrected chi connectivity index (χ0v) is 21.8. The minimum atomic E-state index is -4.78. The molecule has 0 spiro atoms. The van der Waals surface area contributed by atoms with Gasteiger partial charge in [-0.05, 0) is 53.6 Å². The average molecular weight is 598 g/mol. The number of carbonyl (C=O) groups excluding carboxylic acids is 1. The van der Waals surface area contributed by atoms with Crippen molar-refractivity contribution in [3.05, 3.63) is 129 Å². The first-order valence-electron chi connectivity index (χ1n) is 11.6. The molecule has 0 saturated heterocycles. The molecule has 0 radical (unpaired) electrons. The summed E-state index contributed by atoms with van der Waals surface area (Å²) in [5.74, 6) is 0. The molecule has 2 amide bonds. The number of aromatic nitrogens is 1. The number of benzene rings is 3. The third-order valence-corrected chi connectivity index (χ3v) is 6.57. The molecule has 0 aliphatic heterocycles. The largest absolute Gasteiger partial charge is 0.417 e. The third kappa shape index (κ3) is 6.68. The maximum atomic E-state index is 13.7. The molecule has 0 aliphatic rings. The Morgan fingerprint density at radius 1 is 0.775 bits per heavy atom. The van der Waals surface area contributed by atoms with Gasteiger partial charge in [0.15, 0.2) is 0 Å². The van der Waals surface area contributed by atoms with Crippen molar-refractivity contribution in [3.8, 4) is 0 Å². The van der Waals surface area contributed by atoms with Gasteiger partial charge in [-0.25, -0.2) is 4.79 Å². The van der Waals surface area contributed by atoms with Crippen molar-refractivity contribution in [2.24, 2.45) is 0 Å². The topological polar surface area (TPSA) is 54.0 Å². The molecule has 208 valence electrons. The van der Waals surface area contributed by atoms with E-state index in [1.54, 1.807) is 30.3 Å². The molecule has 1 heterocycles. The molecule has 40 heavy (non-hydrogen) atoms. The molecule has 1 atom stereocenters. The number of urea groups is 1. The number of rotatable bonds is 6. The highest BCUT2D eigenvalue weighted by Gasteiger charge is 2.40. The monoisotopic (exact) mass is 597 g/mol.